The summed E-state index contributed by atoms with van der Waals surface area (Å²) in [5, 5.41) is 1.19. The maximum Gasteiger partial charge on any atom is 0.137 e. The van der Waals surface area contributed by atoms with Gasteiger partial charge in [-0.3, -0.25) is 0 Å². The summed E-state index contributed by atoms with van der Waals surface area (Å²) >= 11 is 0. The highest BCUT2D eigenvalue weighted by Crippen LogP contribution is 2.12. The first-order valence-corrected chi connectivity index (χ1v) is 9.80. The average Bonchev–Trinajstić information content (AvgIpc) is 3.09. The van der Waals surface area contributed by atoms with E-state index in [1.54, 1.807) is 6.07 Å². The maximum absolute atomic E-state index is 5.57. The summed E-state index contributed by atoms with van der Waals surface area (Å²) in [6.07, 6.45) is 9.49. The van der Waals surface area contributed by atoms with Gasteiger partial charge in [-0.05, 0) is 61.1 Å². The van der Waals surface area contributed by atoms with E-state index >= 15 is 0 Å². The molecule has 3 aromatic rings. The minimum Gasteiger partial charge on any atom is -0.384 e. The third kappa shape index (κ3) is 7.26. The smallest absolute Gasteiger partial charge is 0.137 e. The molecule has 0 aliphatic carbocycles. The maximum atomic E-state index is 5.57. The molecule has 144 valence electrons. The van der Waals surface area contributed by atoms with Crippen LogP contribution in [0.3, 0.4) is 0 Å². The van der Waals surface area contributed by atoms with E-state index in [9.17, 15) is 0 Å². The molecule has 0 aliphatic heterocycles. The van der Waals surface area contributed by atoms with Crippen molar-refractivity contribution in [2.24, 2.45) is 11.8 Å². The molecule has 0 radical (unpaired) electrons. The Balaban J connectivity index is 0.000000194. The second kappa shape index (κ2) is 10.5. The quantitative estimate of drug-likeness (QED) is 0.574. The van der Waals surface area contributed by atoms with Gasteiger partial charge in [0.05, 0.1) is 5.69 Å². The lowest BCUT2D eigenvalue weighted by atomic mass is 10.1. The van der Waals surface area contributed by atoms with Gasteiger partial charge in [-0.15, -0.1) is 0 Å². The Hall–Kier alpha value is -2.62. The number of allylic oxidation sites excluding steroid dienone is 1. The van der Waals surface area contributed by atoms with Crippen LogP contribution in [0.2, 0.25) is 0 Å². The van der Waals surface area contributed by atoms with Crippen molar-refractivity contribution in [2.75, 3.05) is 5.73 Å². The van der Waals surface area contributed by atoms with Gasteiger partial charge in [-0.2, -0.15) is 0 Å². The van der Waals surface area contributed by atoms with Crippen LogP contribution in [0.15, 0.2) is 48.7 Å². The molecular weight excluding hydrogens is 332 g/mol. The number of anilines is 1. The van der Waals surface area contributed by atoms with Crippen molar-refractivity contribution in [2.45, 2.75) is 47.0 Å². The fourth-order valence-corrected chi connectivity index (χ4v) is 2.65. The highest BCUT2D eigenvalue weighted by Gasteiger charge is 2.01. The minimum absolute atomic E-state index is 0.579. The molecule has 0 saturated heterocycles. The summed E-state index contributed by atoms with van der Waals surface area (Å²) in [5.74, 6) is 1.99. The van der Waals surface area contributed by atoms with Crippen molar-refractivity contribution in [3.8, 4) is 0 Å². The van der Waals surface area contributed by atoms with Gasteiger partial charge in [0.25, 0.3) is 0 Å². The van der Waals surface area contributed by atoms with E-state index in [1.807, 2.05) is 30.5 Å². The van der Waals surface area contributed by atoms with Gasteiger partial charge >= 0.3 is 0 Å². The topological polar surface area (TPSA) is 67.6 Å². The van der Waals surface area contributed by atoms with E-state index in [4.69, 9.17) is 5.73 Å². The molecule has 27 heavy (non-hydrogen) atoms. The highest BCUT2D eigenvalue weighted by atomic mass is 14.8. The molecule has 0 aromatic carbocycles. The van der Waals surface area contributed by atoms with E-state index in [2.05, 4.69) is 60.9 Å². The molecule has 0 amide bonds. The molecule has 3 rings (SSSR count). The molecule has 3 N–H and O–H groups in total. The fourth-order valence-electron chi connectivity index (χ4n) is 2.65. The van der Waals surface area contributed by atoms with Crippen molar-refractivity contribution < 1.29 is 0 Å². The van der Waals surface area contributed by atoms with Crippen molar-refractivity contribution in [1.29, 1.82) is 0 Å². The molecule has 0 fully saturated rings. The third-order valence-corrected chi connectivity index (χ3v) is 4.40. The number of nitrogens with one attached hydrogen (secondary N) is 1. The third-order valence-electron chi connectivity index (χ3n) is 4.40. The molecule has 1 atom stereocenters. The number of nitrogen functional groups attached to an aromatic ring is 1. The Kier molecular flexibility index (Phi) is 8.05. The summed E-state index contributed by atoms with van der Waals surface area (Å²) in [7, 11) is 0. The lowest BCUT2D eigenvalue weighted by Crippen LogP contribution is -1.96. The van der Waals surface area contributed by atoms with Crippen molar-refractivity contribution >= 4 is 22.9 Å². The molecule has 0 spiro atoms. The van der Waals surface area contributed by atoms with E-state index in [0.717, 1.165) is 30.1 Å². The number of hydrogen-bond donors (Lipinski definition) is 2. The lowest BCUT2D eigenvalue weighted by molar-refractivity contribution is 0.573. The Morgan fingerprint density at radius 2 is 1.89 bits per heavy atom. The van der Waals surface area contributed by atoms with Crippen LogP contribution in [-0.4, -0.2) is 15.0 Å². The zero-order chi connectivity index (χ0) is 19.6. The predicted octanol–water partition coefficient (Wildman–Crippen LogP) is 5.87. The van der Waals surface area contributed by atoms with Gasteiger partial charge < -0.3 is 10.7 Å². The van der Waals surface area contributed by atoms with Crippen LogP contribution >= 0.6 is 0 Å². The van der Waals surface area contributed by atoms with Crippen molar-refractivity contribution in [3.05, 3.63) is 60.1 Å². The number of nitrogens with zero attached hydrogens (tertiary/aromatic N) is 2. The summed E-state index contributed by atoms with van der Waals surface area (Å²) in [5.41, 5.74) is 8.68. The highest BCUT2D eigenvalue weighted by molar-refractivity contribution is 5.75. The Morgan fingerprint density at radius 3 is 2.59 bits per heavy atom. The van der Waals surface area contributed by atoms with Gasteiger partial charge in [0.1, 0.15) is 11.5 Å². The van der Waals surface area contributed by atoms with Crippen LogP contribution in [0.5, 0.6) is 0 Å². The number of fused-ring (bicyclic) bond motifs is 1. The molecule has 0 aliphatic rings. The molecule has 0 saturated carbocycles. The minimum atomic E-state index is 0.579. The second-order valence-corrected chi connectivity index (χ2v) is 7.45. The number of H-pyrrole nitrogens is 1. The number of aromatic amines is 1. The predicted molar refractivity (Wildman–Crippen MR) is 116 cm³/mol. The monoisotopic (exact) mass is 364 g/mol. The normalized spacial score (nSPS) is 12.3. The molecule has 3 heterocycles. The molecule has 0 bridgehead atoms. The molecule has 1 unspecified atom stereocenters. The zero-order valence-corrected chi connectivity index (χ0v) is 16.9. The van der Waals surface area contributed by atoms with Gasteiger partial charge in [0.15, 0.2) is 0 Å². The van der Waals surface area contributed by atoms with E-state index in [-0.39, 0.29) is 0 Å². The van der Waals surface area contributed by atoms with Crippen LogP contribution < -0.4 is 5.73 Å². The standard InChI is InChI=1S/C12H18N2.C11H14N2/c1-3-10(2)6-4-7-11-8-5-9-12(13)14-11;1-8(2)7-10-4-3-9-5-6-12-11(9)13-10/h4-5,7-10H,3,6H2,1-2H3,(H2,13,14);3-6,8H,7H2,1-2H3,(H,12,13)/b7-4-;. The number of rotatable bonds is 6. The van der Waals surface area contributed by atoms with Crippen molar-refractivity contribution in [3.63, 3.8) is 0 Å². The average molecular weight is 365 g/mol. The van der Waals surface area contributed by atoms with E-state index in [0.29, 0.717) is 11.7 Å². The van der Waals surface area contributed by atoms with Gasteiger partial charge in [0, 0.05) is 17.3 Å². The number of nitrogens with two attached hydrogens (primary N) is 1. The largest absolute Gasteiger partial charge is 0.384 e. The molecular formula is C23H32N4. The van der Waals surface area contributed by atoms with Crippen LogP contribution in [0.4, 0.5) is 5.82 Å². The first kappa shape index (κ1) is 20.7. The van der Waals surface area contributed by atoms with Crippen LogP contribution in [0.1, 0.15) is 51.9 Å². The Labute approximate surface area is 162 Å². The Bertz CT molecular complexity index is 848. The lowest BCUT2D eigenvalue weighted by Gasteiger charge is -2.03. The van der Waals surface area contributed by atoms with Gasteiger partial charge in [0.2, 0.25) is 0 Å². The van der Waals surface area contributed by atoms with Crippen molar-refractivity contribution in [1.82, 2.24) is 15.0 Å². The summed E-state index contributed by atoms with van der Waals surface area (Å²) in [4.78, 5) is 11.8. The second-order valence-electron chi connectivity index (χ2n) is 7.45. The summed E-state index contributed by atoms with van der Waals surface area (Å²) in [6.45, 7) is 8.87. The molecule has 4 nitrogen and oxygen atoms in total. The number of pyridine rings is 2. The van der Waals surface area contributed by atoms with E-state index in [1.165, 1.54) is 17.5 Å². The van der Waals surface area contributed by atoms with Crippen LogP contribution in [-0.2, 0) is 6.42 Å². The van der Waals surface area contributed by atoms with E-state index < -0.39 is 0 Å². The Morgan fingerprint density at radius 1 is 1.07 bits per heavy atom. The number of aromatic nitrogens is 3. The van der Waals surface area contributed by atoms with Gasteiger partial charge in [-0.25, -0.2) is 9.97 Å². The van der Waals surface area contributed by atoms with Gasteiger partial charge in [-0.1, -0.05) is 46.3 Å². The summed E-state index contributed by atoms with van der Waals surface area (Å²) in [6, 6.07) is 12.0. The first-order chi connectivity index (χ1) is 13.0. The zero-order valence-electron chi connectivity index (χ0n) is 16.9. The van der Waals surface area contributed by atoms with Crippen LogP contribution in [0.25, 0.3) is 17.1 Å². The van der Waals surface area contributed by atoms with Crippen LogP contribution in [0, 0.1) is 11.8 Å². The summed E-state index contributed by atoms with van der Waals surface area (Å²) < 4.78 is 0. The fraction of sp³-hybridized carbons (Fsp3) is 0.391. The molecule has 4 heteroatoms. The molecule has 3 aromatic heterocycles. The SMILES string of the molecule is CC(C)Cc1ccc2cc[nH]c2n1.CCC(C)C/C=C\c1cccc(N)n1. The number of hydrogen-bond acceptors (Lipinski definition) is 3. The first-order valence-electron chi connectivity index (χ1n) is 9.80.